The van der Waals surface area contributed by atoms with Crippen LogP contribution in [0.5, 0.6) is 0 Å². The lowest BCUT2D eigenvalue weighted by Gasteiger charge is -2.61. The zero-order valence-corrected chi connectivity index (χ0v) is 20.8. The first-order valence-electron chi connectivity index (χ1n) is 13.2. The van der Waals surface area contributed by atoms with E-state index in [0.717, 1.165) is 41.9 Å². The number of aliphatic hydroxyl groups is 1. The fourth-order valence-electron chi connectivity index (χ4n) is 9.68. The van der Waals surface area contributed by atoms with Crippen molar-refractivity contribution in [1.29, 1.82) is 5.26 Å². The first-order valence-corrected chi connectivity index (χ1v) is 13.2. The summed E-state index contributed by atoms with van der Waals surface area (Å²) in [4.78, 5) is 0. The molecule has 0 spiro atoms. The van der Waals surface area contributed by atoms with Gasteiger partial charge >= 0.3 is 0 Å². The third-order valence-corrected chi connectivity index (χ3v) is 11.3. The molecule has 4 aliphatic carbocycles. The summed E-state index contributed by atoms with van der Waals surface area (Å²) in [6, 6.07) is 2.15. The number of rotatable bonds is 3. The van der Waals surface area contributed by atoms with Gasteiger partial charge in [0, 0.05) is 6.20 Å². The largest absolute Gasteiger partial charge is 0.388 e. The van der Waals surface area contributed by atoms with Gasteiger partial charge in [0.05, 0.1) is 23.9 Å². The van der Waals surface area contributed by atoms with Crippen molar-refractivity contribution in [2.75, 3.05) is 0 Å². The van der Waals surface area contributed by atoms with E-state index in [9.17, 15) is 5.11 Å². The van der Waals surface area contributed by atoms with Crippen LogP contribution in [-0.2, 0) is 6.54 Å². The van der Waals surface area contributed by atoms with Gasteiger partial charge in [0.25, 0.3) is 0 Å². The van der Waals surface area contributed by atoms with Gasteiger partial charge in [-0.05, 0) is 111 Å². The molecule has 4 aliphatic rings. The second kappa shape index (κ2) is 7.59. The Kier molecular flexibility index (Phi) is 5.32. The number of aromatic nitrogens is 2. The third kappa shape index (κ3) is 3.37. The quantitative estimate of drug-likeness (QED) is 0.626. The molecule has 176 valence electrons. The normalized spacial score (nSPS) is 47.6. The summed E-state index contributed by atoms with van der Waals surface area (Å²) in [7, 11) is 0. The van der Waals surface area contributed by atoms with E-state index in [2.05, 4.69) is 38.9 Å². The molecule has 1 N–H and O–H groups in total. The molecule has 4 nitrogen and oxygen atoms in total. The van der Waals surface area contributed by atoms with Crippen LogP contribution < -0.4 is 0 Å². The molecule has 0 amide bonds. The molecular weight excluding hydrogens is 394 g/mol. The van der Waals surface area contributed by atoms with Crippen LogP contribution in [0.3, 0.4) is 0 Å². The van der Waals surface area contributed by atoms with Crippen molar-refractivity contribution < 1.29 is 5.11 Å². The maximum absolute atomic E-state index is 11.7. The molecule has 4 heteroatoms. The molecule has 1 aromatic rings. The van der Waals surface area contributed by atoms with E-state index in [4.69, 9.17) is 5.26 Å². The molecule has 0 aromatic carbocycles. The molecular formula is C28H43N3O. The Labute approximate surface area is 194 Å². The summed E-state index contributed by atoms with van der Waals surface area (Å²) in [5.74, 6) is 5.45. The van der Waals surface area contributed by atoms with Gasteiger partial charge in [0.1, 0.15) is 6.07 Å². The molecule has 5 rings (SSSR count). The lowest BCUT2D eigenvalue weighted by molar-refractivity contribution is -0.136. The van der Waals surface area contributed by atoms with E-state index >= 15 is 0 Å². The molecule has 10 atom stereocenters. The number of nitriles is 1. The zero-order chi connectivity index (χ0) is 22.9. The van der Waals surface area contributed by atoms with Crippen molar-refractivity contribution >= 4 is 0 Å². The Balaban J connectivity index is 1.36. The Bertz CT molecular complexity index is 899. The van der Waals surface area contributed by atoms with Crippen molar-refractivity contribution in [1.82, 2.24) is 9.78 Å². The van der Waals surface area contributed by atoms with Crippen molar-refractivity contribution in [2.24, 2.45) is 52.3 Å². The molecule has 0 aliphatic heterocycles. The van der Waals surface area contributed by atoms with Crippen molar-refractivity contribution in [3.05, 3.63) is 18.0 Å². The van der Waals surface area contributed by atoms with Crippen LogP contribution in [0.25, 0.3) is 0 Å². The number of nitrogens with zero attached hydrogens (tertiary/aromatic N) is 3. The number of hydrogen-bond acceptors (Lipinski definition) is 3. The number of hydrogen-bond donors (Lipinski definition) is 1. The van der Waals surface area contributed by atoms with E-state index in [1.165, 1.54) is 44.9 Å². The van der Waals surface area contributed by atoms with Gasteiger partial charge < -0.3 is 5.11 Å². The van der Waals surface area contributed by atoms with E-state index in [-0.39, 0.29) is 5.41 Å². The van der Waals surface area contributed by atoms with Crippen molar-refractivity contribution in [2.45, 2.75) is 98.1 Å². The Hall–Kier alpha value is -1.34. The van der Waals surface area contributed by atoms with E-state index < -0.39 is 5.60 Å². The second-order valence-corrected chi connectivity index (χ2v) is 13.2. The van der Waals surface area contributed by atoms with Crippen LogP contribution in [0, 0.1) is 63.6 Å². The van der Waals surface area contributed by atoms with Gasteiger partial charge in [-0.3, -0.25) is 4.68 Å². The molecule has 1 heterocycles. The van der Waals surface area contributed by atoms with Crippen LogP contribution >= 0.6 is 0 Å². The minimum absolute atomic E-state index is 0.219. The van der Waals surface area contributed by atoms with Crippen LogP contribution in [-0.4, -0.2) is 20.5 Å². The predicted molar refractivity (Wildman–Crippen MR) is 126 cm³/mol. The summed E-state index contributed by atoms with van der Waals surface area (Å²) in [6.45, 7) is 12.6. The average molecular weight is 438 g/mol. The molecule has 0 bridgehead atoms. The summed E-state index contributed by atoms with van der Waals surface area (Å²) in [5.41, 5.74) is 0.547. The maximum Gasteiger partial charge on any atom is 0.102 e. The molecule has 2 unspecified atom stereocenters. The average Bonchev–Trinajstić information content (AvgIpc) is 3.32. The molecule has 1 aromatic heterocycles. The maximum atomic E-state index is 11.7. The fourth-order valence-corrected chi connectivity index (χ4v) is 9.68. The first-order chi connectivity index (χ1) is 15.1. The highest BCUT2D eigenvalue weighted by atomic mass is 16.3. The summed E-state index contributed by atoms with van der Waals surface area (Å²) < 4.78 is 1.78. The fraction of sp³-hybridized carbons (Fsp3) is 0.857. The van der Waals surface area contributed by atoms with Crippen molar-refractivity contribution in [3.8, 4) is 6.07 Å². The van der Waals surface area contributed by atoms with Crippen LogP contribution in [0.2, 0.25) is 0 Å². The standard InChI is InChI=1S/C28H43N3O/c1-18-12-24-22-9-11-27(4)23(21(22)8-10-26(24,3)13-19(18)2)6-7-25(27)28(5,32)17-31-16-20(14-29)15-30-31/h15-16,18-19,21-25,32H,6-13,17H2,1-5H3/t18-,19+,21+,22?,23?,24+,25-,26+,27-,28-/m0/s1. The summed E-state index contributed by atoms with van der Waals surface area (Å²) in [5, 5.41) is 25.2. The van der Waals surface area contributed by atoms with Crippen LogP contribution in [0.15, 0.2) is 12.4 Å². The molecule has 32 heavy (non-hydrogen) atoms. The monoisotopic (exact) mass is 437 g/mol. The Morgan fingerprint density at radius 3 is 2.56 bits per heavy atom. The summed E-state index contributed by atoms with van der Waals surface area (Å²) in [6.07, 6.45) is 14.1. The molecule has 4 saturated carbocycles. The highest BCUT2D eigenvalue weighted by Crippen LogP contribution is 2.68. The highest BCUT2D eigenvalue weighted by molar-refractivity contribution is 5.22. The zero-order valence-electron chi connectivity index (χ0n) is 20.8. The third-order valence-electron chi connectivity index (χ3n) is 11.3. The predicted octanol–water partition coefficient (Wildman–Crippen LogP) is 6.05. The van der Waals surface area contributed by atoms with Crippen LogP contribution in [0.1, 0.15) is 91.5 Å². The van der Waals surface area contributed by atoms with E-state index in [1.54, 1.807) is 17.1 Å². The van der Waals surface area contributed by atoms with E-state index in [0.29, 0.717) is 23.4 Å². The van der Waals surface area contributed by atoms with Crippen LogP contribution in [0.4, 0.5) is 0 Å². The Morgan fingerprint density at radius 1 is 1.12 bits per heavy atom. The van der Waals surface area contributed by atoms with Gasteiger partial charge in [0.2, 0.25) is 0 Å². The minimum Gasteiger partial charge on any atom is -0.388 e. The lowest BCUT2D eigenvalue weighted by Crippen LogP contribution is -2.55. The number of fused-ring (bicyclic) bond motifs is 5. The minimum atomic E-state index is -0.799. The molecule has 4 fully saturated rings. The SMILES string of the molecule is C[C@@H]1C[C@@]2(C)CC[C@@H]3C(CC[C@@]4(C)C3CC[C@@H]4[C@@](C)(O)Cn3cc(C#N)cn3)[C@H]2C[C@@H]1C. The van der Waals surface area contributed by atoms with Gasteiger partial charge in [-0.2, -0.15) is 10.4 Å². The second-order valence-electron chi connectivity index (χ2n) is 13.2. The van der Waals surface area contributed by atoms with Gasteiger partial charge in [-0.1, -0.05) is 27.7 Å². The topological polar surface area (TPSA) is 61.8 Å². The lowest BCUT2D eigenvalue weighted by atomic mass is 9.44. The summed E-state index contributed by atoms with van der Waals surface area (Å²) >= 11 is 0. The van der Waals surface area contributed by atoms with Gasteiger partial charge in [-0.15, -0.1) is 0 Å². The van der Waals surface area contributed by atoms with E-state index in [1.807, 2.05) is 6.92 Å². The smallest absolute Gasteiger partial charge is 0.102 e. The van der Waals surface area contributed by atoms with Gasteiger partial charge in [-0.25, -0.2) is 0 Å². The van der Waals surface area contributed by atoms with Gasteiger partial charge in [0.15, 0.2) is 0 Å². The Morgan fingerprint density at radius 2 is 1.84 bits per heavy atom. The molecule has 0 radical (unpaired) electrons. The highest BCUT2D eigenvalue weighted by Gasteiger charge is 2.61. The molecule has 0 saturated heterocycles. The van der Waals surface area contributed by atoms with Crippen molar-refractivity contribution in [3.63, 3.8) is 0 Å². The first kappa shape index (κ1) is 22.5.